The van der Waals surface area contributed by atoms with Crippen molar-refractivity contribution < 1.29 is 19.0 Å². The lowest BCUT2D eigenvalue weighted by Gasteiger charge is -2.09. The molecule has 2 rings (SSSR count). The summed E-state index contributed by atoms with van der Waals surface area (Å²) in [7, 11) is 3.15. The number of rotatable bonds is 7. The second kappa shape index (κ2) is 8.92. The van der Waals surface area contributed by atoms with Crippen LogP contribution in [0.25, 0.3) is 6.08 Å². The number of methoxy groups -OCH3 is 2. The van der Waals surface area contributed by atoms with Gasteiger partial charge in [-0.2, -0.15) is 0 Å². The van der Waals surface area contributed by atoms with Crippen LogP contribution in [0.3, 0.4) is 0 Å². The Balaban J connectivity index is 2.01. The van der Waals surface area contributed by atoms with Gasteiger partial charge in [-0.25, -0.2) is 4.79 Å². The molecule has 0 saturated carbocycles. The van der Waals surface area contributed by atoms with E-state index in [4.69, 9.17) is 14.2 Å². The van der Waals surface area contributed by atoms with Gasteiger partial charge in [0.1, 0.15) is 5.75 Å². The summed E-state index contributed by atoms with van der Waals surface area (Å²) in [6, 6.07) is 13.1. The van der Waals surface area contributed by atoms with Crippen molar-refractivity contribution in [2.24, 2.45) is 0 Å². The predicted molar refractivity (Wildman–Crippen MR) is 99.4 cm³/mol. The van der Waals surface area contributed by atoms with Crippen molar-refractivity contribution >= 4 is 12.0 Å². The molecular weight excluding hydrogens is 316 g/mol. The van der Waals surface area contributed by atoms with Crippen LogP contribution in [0.15, 0.2) is 48.5 Å². The SMILES string of the molecule is CCC(C)c1ccc(OC(=O)C=Cc2ccc(OC)c(OC)c2)cc1. The molecule has 2 aromatic carbocycles. The first kappa shape index (κ1) is 18.6. The number of carbonyl (C=O) groups excluding carboxylic acids is 1. The molecule has 4 heteroatoms. The van der Waals surface area contributed by atoms with E-state index >= 15 is 0 Å². The van der Waals surface area contributed by atoms with Gasteiger partial charge in [-0.05, 0) is 53.8 Å². The van der Waals surface area contributed by atoms with E-state index in [2.05, 4.69) is 13.8 Å². The van der Waals surface area contributed by atoms with Crippen LogP contribution < -0.4 is 14.2 Å². The van der Waals surface area contributed by atoms with E-state index in [1.807, 2.05) is 30.3 Å². The fraction of sp³-hybridized carbons (Fsp3) is 0.286. The largest absolute Gasteiger partial charge is 0.493 e. The first-order chi connectivity index (χ1) is 12.1. The van der Waals surface area contributed by atoms with Gasteiger partial charge < -0.3 is 14.2 Å². The Morgan fingerprint density at radius 3 is 2.32 bits per heavy atom. The van der Waals surface area contributed by atoms with E-state index in [9.17, 15) is 4.79 Å². The minimum Gasteiger partial charge on any atom is -0.493 e. The monoisotopic (exact) mass is 340 g/mol. The molecule has 0 bridgehead atoms. The highest BCUT2D eigenvalue weighted by Crippen LogP contribution is 2.28. The minimum atomic E-state index is -0.425. The second-order valence-corrected chi connectivity index (χ2v) is 5.75. The van der Waals surface area contributed by atoms with Crippen molar-refractivity contribution in [1.82, 2.24) is 0 Å². The lowest BCUT2D eigenvalue weighted by atomic mass is 9.99. The van der Waals surface area contributed by atoms with Crippen LogP contribution in [0.1, 0.15) is 37.3 Å². The Hall–Kier alpha value is -2.75. The molecule has 4 nitrogen and oxygen atoms in total. The molecule has 0 spiro atoms. The van der Waals surface area contributed by atoms with Crippen LogP contribution in [0.5, 0.6) is 17.2 Å². The molecule has 1 atom stereocenters. The van der Waals surface area contributed by atoms with E-state index in [1.54, 1.807) is 32.4 Å². The van der Waals surface area contributed by atoms with Crippen LogP contribution in [-0.4, -0.2) is 20.2 Å². The van der Waals surface area contributed by atoms with Crippen molar-refractivity contribution in [1.29, 1.82) is 0 Å². The Labute approximate surface area is 149 Å². The zero-order valence-corrected chi connectivity index (χ0v) is 15.1. The van der Waals surface area contributed by atoms with Crippen LogP contribution in [-0.2, 0) is 4.79 Å². The molecule has 132 valence electrons. The number of esters is 1. The van der Waals surface area contributed by atoms with Gasteiger partial charge in [-0.3, -0.25) is 0 Å². The maximum absolute atomic E-state index is 12.0. The third-order valence-electron chi connectivity index (χ3n) is 4.10. The maximum Gasteiger partial charge on any atom is 0.336 e. The lowest BCUT2D eigenvalue weighted by Crippen LogP contribution is -2.03. The highest BCUT2D eigenvalue weighted by molar-refractivity contribution is 5.88. The van der Waals surface area contributed by atoms with E-state index in [0.29, 0.717) is 23.2 Å². The lowest BCUT2D eigenvalue weighted by molar-refractivity contribution is -0.128. The molecule has 1 unspecified atom stereocenters. The third kappa shape index (κ3) is 5.11. The second-order valence-electron chi connectivity index (χ2n) is 5.75. The van der Waals surface area contributed by atoms with Crippen molar-refractivity contribution in [3.05, 3.63) is 59.7 Å². The average Bonchev–Trinajstić information content (AvgIpc) is 2.66. The molecule has 0 fully saturated rings. The van der Waals surface area contributed by atoms with E-state index < -0.39 is 5.97 Å². The van der Waals surface area contributed by atoms with Gasteiger partial charge in [0.2, 0.25) is 0 Å². The molecule has 0 aliphatic carbocycles. The fourth-order valence-corrected chi connectivity index (χ4v) is 2.37. The molecule has 0 radical (unpaired) electrons. The van der Waals surface area contributed by atoms with Gasteiger partial charge in [0.05, 0.1) is 14.2 Å². The molecule has 25 heavy (non-hydrogen) atoms. The van der Waals surface area contributed by atoms with Crippen LogP contribution in [0.2, 0.25) is 0 Å². The highest BCUT2D eigenvalue weighted by atomic mass is 16.5. The average molecular weight is 340 g/mol. The first-order valence-corrected chi connectivity index (χ1v) is 8.29. The molecule has 0 amide bonds. The summed E-state index contributed by atoms with van der Waals surface area (Å²) in [5, 5.41) is 0. The minimum absolute atomic E-state index is 0.425. The smallest absolute Gasteiger partial charge is 0.336 e. The van der Waals surface area contributed by atoms with Gasteiger partial charge in [0, 0.05) is 6.08 Å². The summed E-state index contributed by atoms with van der Waals surface area (Å²) < 4.78 is 15.8. The number of benzene rings is 2. The maximum atomic E-state index is 12.0. The van der Waals surface area contributed by atoms with Crippen molar-refractivity contribution in [2.45, 2.75) is 26.2 Å². The van der Waals surface area contributed by atoms with Crippen molar-refractivity contribution in [2.75, 3.05) is 14.2 Å². The fourth-order valence-electron chi connectivity index (χ4n) is 2.37. The van der Waals surface area contributed by atoms with Gasteiger partial charge in [0.25, 0.3) is 0 Å². The standard InChI is InChI=1S/C21H24O4/c1-5-15(2)17-8-10-18(11-9-17)25-21(22)13-7-16-6-12-19(23-3)20(14-16)24-4/h6-15H,5H2,1-4H3. The van der Waals surface area contributed by atoms with Gasteiger partial charge >= 0.3 is 5.97 Å². The first-order valence-electron chi connectivity index (χ1n) is 8.29. The van der Waals surface area contributed by atoms with Crippen molar-refractivity contribution in [3.63, 3.8) is 0 Å². The number of hydrogen-bond acceptors (Lipinski definition) is 4. The number of carbonyl (C=O) groups is 1. The summed E-state index contributed by atoms with van der Waals surface area (Å²) >= 11 is 0. The molecule has 2 aromatic rings. The number of ether oxygens (including phenoxy) is 3. The third-order valence-corrected chi connectivity index (χ3v) is 4.10. The Bertz CT molecular complexity index is 732. The van der Waals surface area contributed by atoms with Gasteiger partial charge in [-0.1, -0.05) is 32.0 Å². The van der Waals surface area contributed by atoms with E-state index in [1.165, 1.54) is 11.6 Å². The molecule has 0 N–H and O–H groups in total. The highest BCUT2D eigenvalue weighted by Gasteiger charge is 2.06. The normalized spacial score (nSPS) is 12.0. The van der Waals surface area contributed by atoms with Gasteiger partial charge in [-0.15, -0.1) is 0 Å². The van der Waals surface area contributed by atoms with E-state index in [0.717, 1.165) is 12.0 Å². The quantitative estimate of drug-likeness (QED) is 0.411. The summed E-state index contributed by atoms with van der Waals surface area (Å²) in [6.45, 7) is 4.32. The zero-order chi connectivity index (χ0) is 18.2. The topological polar surface area (TPSA) is 44.8 Å². The summed E-state index contributed by atoms with van der Waals surface area (Å²) in [4.78, 5) is 12.0. The molecule has 0 heterocycles. The summed E-state index contributed by atoms with van der Waals surface area (Å²) in [5.41, 5.74) is 2.06. The van der Waals surface area contributed by atoms with Crippen LogP contribution in [0.4, 0.5) is 0 Å². The molecule has 0 aromatic heterocycles. The van der Waals surface area contributed by atoms with Crippen LogP contribution >= 0.6 is 0 Å². The Kier molecular flexibility index (Phi) is 6.63. The van der Waals surface area contributed by atoms with Crippen molar-refractivity contribution in [3.8, 4) is 17.2 Å². The number of hydrogen-bond donors (Lipinski definition) is 0. The molecule has 0 saturated heterocycles. The van der Waals surface area contributed by atoms with Gasteiger partial charge in [0.15, 0.2) is 11.5 Å². The van der Waals surface area contributed by atoms with Crippen LogP contribution in [0, 0.1) is 0 Å². The Morgan fingerprint density at radius 1 is 1.04 bits per heavy atom. The Morgan fingerprint density at radius 2 is 1.72 bits per heavy atom. The molecule has 0 aliphatic heterocycles. The summed E-state index contributed by atoms with van der Waals surface area (Å²) in [5.74, 6) is 1.86. The van der Waals surface area contributed by atoms with E-state index in [-0.39, 0.29) is 0 Å². The molecule has 0 aliphatic rings. The zero-order valence-electron chi connectivity index (χ0n) is 15.1. The molecular formula is C21H24O4. The predicted octanol–water partition coefficient (Wildman–Crippen LogP) is 4.84. The summed E-state index contributed by atoms with van der Waals surface area (Å²) in [6.07, 6.45) is 4.15.